The van der Waals surface area contributed by atoms with E-state index in [-0.39, 0.29) is 54.4 Å². The van der Waals surface area contributed by atoms with Crippen molar-refractivity contribution in [2.75, 3.05) is 26.7 Å². The Kier molecular flexibility index (Phi) is 6.29. The highest BCUT2D eigenvalue weighted by atomic mass is 19.1. The second-order valence-corrected chi connectivity index (χ2v) is 9.74. The third-order valence-corrected chi connectivity index (χ3v) is 7.29. The first-order valence-electron chi connectivity index (χ1n) is 12.6. The van der Waals surface area contributed by atoms with E-state index in [1.807, 2.05) is 0 Å². The molecule has 1 fully saturated rings. The molecule has 0 aliphatic carbocycles. The standard InChI is InChI=1S/C27H24F2N6O5/c1-40-25-19(9-18-20(11-30-23(18)32-25)22(37)27(39)33-5-4-16(36)13-33)26(38)34-6-7-35-15(12-34)10-31-24(35)17-3-2-14(28)8-21(17)29/h2-3,8-11,16,36H,4-7,12-13H2,1H3,(H,30,32)/t16-/m1/s1. The number of nitrogens with one attached hydrogen (secondary N) is 1. The van der Waals surface area contributed by atoms with Crippen LogP contribution in [0.1, 0.15) is 32.8 Å². The molecule has 206 valence electrons. The van der Waals surface area contributed by atoms with Gasteiger partial charge in [0.1, 0.15) is 28.7 Å². The summed E-state index contributed by atoms with van der Waals surface area (Å²) < 4.78 is 34.9. The van der Waals surface area contributed by atoms with Gasteiger partial charge < -0.3 is 29.2 Å². The molecule has 1 atom stereocenters. The van der Waals surface area contributed by atoms with Crippen LogP contribution in [0.3, 0.4) is 0 Å². The number of Topliss-reactive ketones (excluding diaryl/α,β-unsaturated/α-hetero) is 1. The largest absolute Gasteiger partial charge is 0.480 e. The molecule has 4 aromatic rings. The summed E-state index contributed by atoms with van der Waals surface area (Å²) in [7, 11) is 1.37. The molecule has 2 aliphatic rings. The van der Waals surface area contributed by atoms with E-state index in [1.54, 1.807) is 15.7 Å². The number of carbonyl (C=O) groups excluding carboxylic acids is 3. The first-order valence-corrected chi connectivity index (χ1v) is 12.6. The van der Waals surface area contributed by atoms with E-state index >= 15 is 0 Å². The molecule has 2 N–H and O–H groups in total. The number of hydrogen-bond donors (Lipinski definition) is 2. The van der Waals surface area contributed by atoms with Gasteiger partial charge in [-0.05, 0) is 24.6 Å². The van der Waals surface area contributed by atoms with Gasteiger partial charge in [0.15, 0.2) is 0 Å². The van der Waals surface area contributed by atoms with E-state index in [2.05, 4.69) is 15.0 Å². The van der Waals surface area contributed by atoms with Crippen LogP contribution < -0.4 is 4.74 Å². The van der Waals surface area contributed by atoms with Gasteiger partial charge in [-0.3, -0.25) is 14.4 Å². The van der Waals surface area contributed by atoms with E-state index in [0.29, 0.717) is 29.9 Å². The maximum Gasteiger partial charge on any atom is 0.295 e. The number of β-amino-alcohol motifs (C(OH)–C–C–N with tert-alkyl or cyclic N) is 1. The molecule has 0 radical (unpaired) electrons. The Morgan fingerprint density at radius 3 is 2.65 bits per heavy atom. The average Bonchev–Trinajstić information content (AvgIpc) is 3.69. The fraction of sp³-hybridized carbons (Fsp3) is 0.296. The van der Waals surface area contributed by atoms with Gasteiger partial charge in [0, 0.05) is 43.8 Å². The quantitative estimate of drug-likeness (QED) is 0.287. The fourth-order valence-electron chi connectivity index (χ4n) is 5.22. The highest BCUT2D eigenvalue weighted by Gasteiger charge is 2.32. The summed E-state index contributed by atoms with van der Waals surface area (Å²) in [5, 5.41) is 10.0. The molecule has 2 aliphatic heterocycles. The molecular formula is C27H24F2N6O5. The second kappa shape index (κ2) is 9.83. The molecule has 0 saturated carbocycles. The van der Waals surface area contributed by atoms with Crippen LogP contribution in [0.15, 0.2) is 36.7 Å². The number of imidazole rings is 1. The van der Waals surface area contributed by atoms with Gasteiger partial charge in [0.25, 0.3) is 17.6 Å². The molecule has 6 rings (SSSR count). The molecule has 1 saturated heterocycles. The van der Waals surface area contributed by atoms with Crippen molar-refractivity contribution in [3.63, 3.8) is 0 Å². The predicted octanol–water partition coefficient (Wildman–Crippen LogP) is 2.15. The number of pyridine rings is 1. The summed E-state index contributed by atoms with van der Waals surface area (Å²) >= 11 is 0. The van der Waals surface area contributed by atoms with Crippen molar-refractivity contribution in [2.45, 2.75) is 25.6 Å². The van der Waals surface area contributed by atoms with E-state index in [9.17, 15) is 28.3 Å². The maximum atomic E-state index is 14.4. The number of ketones is 1. The summed E-state index contributed by atoms with van der Waals surface area (Å²) in [5.74, 6) is -2.96. The van der Waals surface area contributed by atoms with E-state index in [1.165, 1.54) is 30.3 Å². The van der Waals surface area contributed by atoms with Crippen molar-refractivity contribution in [1.29, 1.82) is 0 Å². The number of aliphatic hydroxyl groups excluding tert-OH is 1. The summed E-state index contributed by atoms with van der Waals surface area (Å²) in [4.78, 5) is 53.8. The topological polar surface area (TPSA) is 134 Å². The molecule has 3 aromatic heterocycles. The van der Waals surface area contributed by atoms with Crippen LogP contribution in [0, 0.1) is 11.6 Å². The van der Waals surface area contributed by atoms with Crippen LogP contribution in [0.4, 0.5) is 8.78 Å². The number of halogens is 2. The van der Waals surface area contributed by atoms with Crippen LogP contribution in [0.2, 0.25) is 0 Å². The zero-order valence-corrected chi connectivity index (χ0v) is 21.4. The molecule has 0 spiro atoms. The highest BCUT2D eigenvalue weighted by Crippen LogP contribution is 2.30. The smallest absolute Gasteiger partial charge is 0.295 e. The molecule has 1 aromatic carbocycles. The number of H-pyrrole nitrogens is 1. The molecule has 0 unspecified atom stereocenters. The number of ether oxygens (including phenoxy) is 1. The minimum Gasteiger partial charge on any atom is -0.480 e. The van der Waals surface area contributed by atoms with Crippen LogP contribution in [-0.4, -0.2) is 84.9 Å². The maximum absolute atomic E-state index is 14.4. The number of hydrogen-bond acceptors (Lipinski definition) is 7. The Hall–Kier alpha value is -4.65. The number of nitrogens with zero attached hydrogens (tertiary/aromatic N) is 5. The average molecular weight is 551 g/mol. The molecule has 2 amide bonds. The van der Waals surface area contributed by atoms with Crippen LogP contribution in [0.5, 0.6) is 5.88 Å². The number of aromatic amines is 1. The SMILES string of the molecule is COc1nc2[nH]cc(C(=O)C(=O)N3CC[C@@H](O)C3)c2cc1C(=O)N1CCn2c(cnc2-c2ccc(F)cc2F)C1. The number of methoxy groups -OCH3 is 1. The van der Waals surface area contributed by atoms with E-state index < -0.39 is 35.3 Å². The molecule has 5 heterocycles. The third-order valence-electron chi connectivity index (χ3n) is 7.29. The Bertz CT molecular complexity index is 1680. The van der Waals surface area contributed by atoms with Crippen molar-refractivity contribution >= 4 is 28.6 Å². The number of amides is 2. The Balaban J connectivity index is 1.29. The normalized spacial score (nSPS) is 16.9. The predicted molar refractivity (Wildman–Crippen MR) is 136 cm³/mol. The summed E-state index contributed by atoms with van der Waals surface area (Å²) in [6, 6.07) is 4.77. The fourth-order valence-corrected chi connectivity index (χ4v) is 5.22. The van der Waals surface area contributed by atoms with E-state index in [4.69, 9.17) is 4.74 Å². The van der Waals surface area contributed by atoms with Gasteiger partial charge in [0.2, 0.25) is 5.88 Å². The van der Waals surface area contributed by atoms with Gasteiger partial charge in [-0.2, -0.15) is 4.98 Å². The molecule has 11 nitrogen and oxygen atoms in total. The minimum absolute atomic E-state index is 0.0421. The molecule has 13 heteroatoms. The molecule has 0 bridgehead atoms. The first-order chi connectivity index (χ1) is 19.2. The first kappa shape index (κ1) is 25.6. The summed E-state index contributed by atoms with van der Waals surface area (Å²) in [6.45, 7) is 1.10. The van der Waals surface area contributed by atoms with Gasteiger partial charge in [-0.1, -0.05) is 0 Å². The van der Waals surface area contributed by atoms with Crippen molar-refractivity contribution in [1.82, 2.24) is 29.3 Å². The number of fused-ring (bicyclic) bond motifs is 2. The number of carbonyl (C=O) groups is 3. The van der Waals surface area contributed by atoms with Crippen LogP contribution in [-0.2, 0) is 17.9 Å². The van der Waals surface area contributed by atoms with Gasteiger partial charge in [0.05, 0.1) is 42.8 Å². The van der Waals surface area contributed by atoms with Crippen molar-refractivity contribution in [3.05, 3.63) is 65.1 Å². The zero-order chi connectivity index (χ0) is 28.1. The molecule has 40 heavy (non-hydrogen) atoms. The molecular weight excluding hydrogens is 526 g/mol. The summed E-state index contributed by atoms with van der Waals surface area (Å²) in [5.41, 5.74) is 1.25. The van der Waals surface area contributed by atoms with Crippen molar-refractivity contribution in [3.8, 4) is 17.3 Å². The number of rotatable bonds is 5. The highest BCUT2D eigenvalue weighted by molar-refractivity contribution is 6.44. The lowest BCUT2D eigenvalue weighted by Gasteiger charge is -2.29. The van der Waals surface area contributed by atoms with Gasteiger partial charge in [-0.25, -0.2) is 13.8 Å². The Labute approximate surface area is 226 Å². The number of aromatic nitrogens is 4. The zero-order valence-electron chi connectivity index (χ0n) is 21.4. The number of benzene rings is 1. The van der Waals surface area contributed by atoms with Gasteiger partial charge >= 0.3 is 0 Å². The Morgan fingerprint density at radius 1 is 1.10 bits per heavy atom. The van der Waals surface area contributed by atoms with E-state index in [0.717, 1.165) is 12.1 Å². The van der Waals surface area contributed by atoms with Crippen molar-refractivity contribution < 1.29 is 33.0 Å². The number of likely N-dealkylation sites (tertiary alicyclic amines) is 1. The monoisotopic (exact) mass is 550 g/mol. The van der Waals surface area contributed by atoms with Crippen LogP contribution >= 0.6 is 0 Å². The van der Waals surface area contributed by atoms with Crippen molar-refractivity contribution in [2.24, 2.45) is 0 Å². The Morgan fingerprint density at radius 2 is 1.93 bits per heavy atom. The van der Waals surface area contributed by atoms with Crippen LogP contribution in [0.25, 0.3) is 22.4 Å². The third kappa shape index (κ3) is 4.28. The lowest BCUT2D eigenvalue weighted by Crippen LogP contribution is -2.38. The lowest BCUT2D eigenvalue weighted by molar-refractivity contribution is -0.125. The lowest BCUT2D eigenvalue weighted by atomic mass is 10.1. The second-order valence-electron chi connectivity index (χ2n) is 9.74. The number of aliphatic hydroxyl groups is 1. The minimum atomic E-state index is -0.770. The summed E-state index contributed by atoms with van der Waals surface area (Å²) in [6.07, 6.45) is 2.65. The van der Waals surface area contributed by atoms with Gasteiger partial charge in [-0.15, -0.1) is 0 Å².